The lowest BCUT2D eigenvalue weighted by Gasteiger charge is -2.12. The molecule has 0 aliphatic rings. The Hall–Kier alpha value is -3.68. The zero-order valence-corrected chi connectivity index (χ0v) is 21.6. The zero-order valence-electron chi connectivity index (χ0n) is 18.5. The van der Waals surface area contributed by atoms with Crippen molar-refractivity contribution >= 4 is 55.2 Å². The van der Waals surface area contributed by atoms with Crippen molar-refractivity contribution in [1.29, 1.82) is 5.26 Å². The smallest absolute Gasteiger partial charge is 0.269 e. The van der Waals surface area contributed by atoms with Gasteiger partial charge in [-0.1, -0.05) is 18.2 Å². The molecule has 0 aliphatic heterocycles. The summed E-state index contributed by atoms with van der Waals surface area (Å²) in [6, 6.07) is 18.4. The van der Waals surface area contributed by atoms with E-state index in [1.165, 1.54) is 18.2 Å². The Bertz CT molecular complexity index is 1310. The Balaban J connectivity index is 1.75. The van der Waals surface area contributed by atoms with Crippen molar-refractivity contribution in [3.05, 3.63) is 96.4 Å². The molecule has 0 fully saturated rings. The van der Waals surface area contributed by atoms with Crippen LogP contribution >= 0.6 is 31.9 Å². The molecular formula is C25H19Br2N3O5. The zero-order chi connectivity index (χ0) is 25.4. The number of nitrogens with one attached hydrogen (secondary N) is 1. The first-order valence-corrected chi connectivity index (χ1v) is 11.9. The van der Waals surface area contributed by atoms with E-state index in [-0.39, 0.29) is 17.9 Å². The minimum atomic E-state index is -0.556. The molecule has 10 heteroatoms. The van der Waals surface area contributed by atoms with E-state index in [4.69, 9.17) is 9.47 Å². The van der Waals surface area contributed by atoms with Crippen LogP contribution in [0.25, 0.3) is 6.08 Å². The van der Waals surface area contributed by atoms with Crippen LogP contribution in [0.15, 0.2) is 75.2 Å². The molecule has 0 spiro atoms. The number of rotatable bonds is 9. The number of nitriles is 1. The highest BCUT2D eigenvalue weighted by Crippen LogP contribution is 2.36. The van der Waals surface area contributed by atoms with Gasteiger partial charge in [-0.15, -0.1) is 0 Å². The van der Waals surface area contributed by atoms with Crippen molar-refractivity contribution in [1.82, 2.24) is 0 Å². The molecule has 35 heavy (non-hydrogen) atoms. The van der Waals surface area contributed by atoms with E-state index in [0.717, 1.165) is 0 Å². The fourth-order valence-corrected chi connectivity index (χ4v) is 4.51. The number of nitro benzene ring substituents is 1. The van der Waals surface area contributed by atoms with Crippen LogP contribution in [0, 0.1) is 21.4 Å². The Kier molecular flexibility index (Phi) is 9.00. The summed E-state index contributed by atoms with van der Waals surface area (Å²) in [5.74, 6) is 0.532. The van der Waals surface area contributed by atoms with Crippen molar-refractivity contribution in [2.45, 2.75) is 13.5 Å². The highest BCUT2D eigenvalue weighted by molar-refractivity contribution is 9.11. The van der Waals surface area contributed by atoms with Gasteiger partial charge in [-0.25, -0.2) is 0 Å². The summed E-state index contributed by atoms with van der Waals surface area (Å²) in [4.78, 5) is 23.2. The number of ether oxygens (including phenoxy) is 2. The van der Waals surface area contributed by atoms with Gasteiger partial charge in [0.1, 0.15) is 29.7 Å². The van der Waals surface area contributed by atoms with Gasteiger partial charge in [0.05, 0.1) is 20.5 Å². The van der Waals surface area contributed by atoms with Crippen molar-refractivity contribution in [2.24, 2.45) is 0 Å². The molecule has 1 amide bonds. The molecule has 0 atom stereocenters. The summed E-state index contributed by atoms with van der Waals surface area (Å²) in [7, 11) is 0. The maximum absolute atomic E-state index is 12.7. The standard InChI is InChI=1S/C25H19Br2N3O5/c1-2-34-21-8-4-6-19(13-21)29-25(31)18(14-28)9-17-11-22(26)24(23(27)12-17)35-15-16-5-3-7-20(10-16)30(32)33/h3-13H,2,15H2,1H3,(H,29,31)/b18-9-. The summed E-state index contributed by atoms with van der Waals surface area (Å²) in [5.41, 5.74) is 1.63. The van der Waals surface area contributed by atoms with E-state index in [1.807, 2.05) is 13.0 Å². The summed E-state index contributed by atoms with van der Waals surface area (Å²) in [5, 5.41) is 23.2. The lowest BCUT2D eigenvalue weighted by Crippen LogP contribution is -2.13. The third-order valence-corrected chi connectivity index (χ3v) is 5.78. The van der Waals surface area contributed by atoms with Gasteiger partial charge in [0.2, 0.25) is 0 Å². The van der Waals surface area contributed by atoms with Crippen LogP contribution in [0.4, 0.5) is 11.4 Å². The number of nitro groups is 1. The molecule has 3 aromatic rings. The maximum Gasteiger partial charge on any atom is 0.269 e. The van der Waals surface area contributed by atoms with Gasteiger partial charge in [0.25, 0.3) is 11.6 Å². The maximum atomic E-state index is 12.7. The minimum Gasteiger partial charge on any atom is -0.494 e. The van der Waals surface area contributed by atoms with E-state index >= 15 is 0 Å². The highest BCUT2D eigenvalue weighted by Gasteiger charge is 2.14. The molecule has 0 unspecified atom stereocenters. The normalized spacial score (nSPS) is 10.9. The monoisotopic (exact) mass is 599 g/mol. The number of carbonyl (C=O) groups excluding carboxylic acids is 1. The van der Waals surface area contributed by atoms with Crippen LogP contribution in [0.2, 0.25) is 0 Å². The van der Waals surface area contributed by atoms with E-state index in [9.17, 15) is 20.2 Å². The van der Waals surface area contributed by atoms with Gasteiger partial charge >= 0.3 is 0 Å². The lowest BCUT2D eigenvalue weighted by molar-refractivity contribution is -0.384. The average Bonchev–Trinajstić information content (AvgIpc) is 2.82. The largest absolute Gasteiger partial charge is 0.494 e. The molecule has 3 rings (SSSR count). The summed E-state index contributed by atoms with van der Waals surface area (Å²) < 4.78 is 12.4. The predicted octanol–water partition coefficient (Wildman–Crippen LogP) is 6.64. The van der Waals surface area contributed by atoms with Crippen LogP contribution in [-0.2, 0) is 11.4 Å². The highest BCUT2D eigenvalue weighted by atomic mass is 79.9. The quantitative estimate of drug-likeness (QED) is 0.127. The first kappa shape index (κ1) is 25.9. The van der Waals surface area contributed by atoms with Crippen LogP contribution in [0.5, 0.6) is 11.5 Å². The number of non-ortho nitro benzene ring substituents is 1. The molecule has 0 radical (unpaired) electrons. The SMILES string of the molecule is CCOc1cccc(NC(=O)/C(C#N)=C\c2cc(Br)c(OCc3cccc([N+](=O)[O-])c3)c(Br)c2)c1. The predicted molar refractivity (Wildman–Crippen MR) is 139 cm³/mol. The number of anilines is 1. The number of hydrogen-bond donors (Lipinski definition) is 1. The van der Waals surface area contributed by atoms with Crippen molar-refractivity contribution in [3.8, 4) is 17.6 Å². The molecule has 178 valence electrons. The number of benzene rings is 3. The Morgan fingerprint density at radius 2 is 1.83 bits per heavy atom. The van der Waals surface area contributed by atoms with E-state index in [1.54, 1.807) is 48.5 Å². The van der Waals surface area contributed by atoms with Gasteiger partial charge in [0.15, 0.2) is 0 Å². The molecule has 1 N–H and O–H groups in total. The van der Waals surface area contributed by atoms with E-state index in [2.05, 4.69) is 37.2 Å². The molecule has 0 saturated carbocycles. The summed E-state index contributed by atoms with van der Waals surface area (Å²) >= 11 is 6.89. The molecule has 8 nitrogen and oxygen atoms in total. The summed E-state index contributed by atoms with van der Waals surface area (Å²) in [6.45, 7) is 2.47. The fraction of sp³-hybridized carbons (Fsp3) is 0.120. The first-order valence-electron chi connectivity index (χ1n) is 10.3. The minimum absolute atomic E-state index is 0.0170. The van der Waals surface area contributed by atoms with Crippen molar-refractivity contribution in [3.63, 3.8) is 0 Å². The van der Waals surface area contributed by atoms with Crippen LogP contribution in [0.1, 0.15) is 18.1 Å². The molecular weight excluding hydrogens is 582 g/mol. The molecule has 0 aliphatic carbocycles. The van der Waals surface area contributed by atoms with Gasteiger partial charge < -0.3 is 14.8 Å². The molecule has 0 bridgehead atoms. The average molecular weight is 601 g/mol. The number of nitrogens with zero attached hydrogens (tertiary/aromatic N) is 2. The Labute approximate surface area is 218 Å². The summed E-state index contributed by atoms with van der Waals surface area (Å²) in [6.07, 6.45) is 1.46. The molecule has 0 aromatic heterocycles. The Morgan fingerprint density at radius 3 is 2.49 bits per heavy atom. The topological polar surface area (TPSA) is 114 Å². The van der Waals surface area contributed by atoms with Gasteiger partial charge in [0, 0.05) is 23.9 Å². The second kappa shape index (κ2) is 12.1. The molecule has 3 aromatic carbocycles. The van der Waals surface area contributed by atoms with Gasteiger partial charge in [-0.2, -0.15) is 5.26 Å². The number of halogens is 2. The number of carbonyl (C=O) groups is 1. The van der Waals surface area contributed by atoms with E-state index < -0.39 is 10.8 Å². The van der Waals surface area contributed by atoms with Gasteiger partial charge in [-0.05, 0) is 80.3 Å². The third-order valence-electron chi connectivity index (χ3n) is 4.60. The fourth-order valence-electron chi connectivity index (χ4n) is 3.06. The number of hydrogen-bond acceptors (Lipinski definition) is 6. The lowest BCUT2D eigenvalue weighted by atomic mass is 10.1. The molecule has 0 saturated heterocycles. The van der Waals surface area contributed by atoms with Crippen molar-refractivity contribution in [2.75, 3.05) is 11.9 Å². The second-order valence-electron chi connectivity index (χ2n) is 7.11. The van der Waals surface area contributed by atoms with E-state index in [0.29, 0.717) is 43.9 Å². The Morgan fingerprint density at radius 1 is 1.11 bits per heavy atom. The second-order valence-corrected chi connectivity index (χ2v) is 8.82. The molecule has 0 heterocycles. The third kappa shape index (κ3) is 7.15. The first-order chi connectivity index (χ1) is 16.8. The van der Waals surface area contributed by atoms with Crippen LogP contribution in [0.3, 0.4) is 0 Å². The van der Waals surface area contributed by atoms with Gasteiger partial charge in [-0.3, -0.25) is 14.9 Å². The van der Waals surface area contributed by atoms with Crippen LogP contribution < -0.4 is 14.8 Å². The number of amides is 1. The van der Waals surface area contributed by atoms with Crippen LogP contribution in [-0.4, -0.2) is 17.4 Å². The van der Waals surface area contributed by atoms with Crippen molar-refractivity contribution < 1.29 is 19.2 Å².